The third-order valence-corrected chi connectivity index (χ3v) is 4.17. The Bertz CT molecular complexity index is 758. The molecule has 1 aliphatic carbocycles. The summed E-state index contributed by atoms with van der Waals surface area (Å²) in [4.78, 5) is 27.2. The van der Waals surface area contributed by atoms with Crippen LogP contribution in [0, 0.1) is 0 Å². The molecule has 1 amide bonds. The summed E-state index contributed by atoms with van der Waals surface area (Å²) in [5, 5.41) is 2.80. The summed E-state index contributed by atoms with van der Waals surface area (Å²) in [6.07, 6.45) is 2.85. The van der Waals surface area contributed by atoms with Crippen molar-refractivity contribution in [1.82, 2.24) is 4.98 Å². The number of benzene rings is 1. The van der Waals surface area contributed by atoms with Crippen LogP contribution in [0.3, 0.4) is 0 Å². The van der Waals surface area contributed by atoms with Gasteiger partial charge < -0.3 is 10.3 Å². The molecule has 0 fully saturated rings. The molecule has 0 saturated carbocycles. The highest BCUT2D eigenvalue weighted by atomic mass is 16.2. The molecule has 22 heavy (non-hydrogen) atoms. The first kappa shape index (κ1) is 14.6. The highest BCUT2D eigenvalue weighted by molar-refractivity contribution is 6.04. The molecule has 114 valence electrons. The van der Waals surface area contributed by atoms with Crippen LogP contribution >= 0.6 is 0 Å². The number of nitrogens with one attached hydrogen (secondary N) is 2. The van der Waals surface area contributed by atoms with Crippen molar-refractivity contribution in [2.24, 2.45) is 0 Å². The van der Waals surface area contributed by atoms with E-state index in [4.69, 9.17) is 0 Å². The fraction of sp³-hybridized carbons (Fsp3) is 0.333. The van der Waals surface area contributed by atoms with Gasteiger partial charge in [0.1, 0.15) is 5.56 Å². The van der Waals surface area contributed by atoms with E-state index in [0.717, 1.165) is 30.5 Å². The zero-order valence-electron chi connectivity index (χ0n) is 12.9. The van der Waals surface area contributed by atoms with E-state index in [1.807, 2.05) is 24.3 Å². The molecule has 0 aliphatic heterocycles. The first-order valence-electron chi connectivity index (χ1n) is 7.71. The fourth-order valence-electron chi connectivity index (χ4n) is 2.83. The third kappa shape index (κ3) is 2.82. The molecule has 4 nitrogen and oxygen atoms in total. The van der Waals surface area contributed by atoms with E-state index in [1.165, 1.54) is 5.56 Å². The summed E-state index contributed by atoms with van der Waals surface area (Å²) in [7, 11) is 0. The molecule has 1 heterocycles. The monoisotopic (exact) mass is 296 g/mol. The molecule has 0 radical (unpaired) electrons. The maximum absolute atomic E-state index is 12.3. The largest absolute Gasteiger partial charge is 0.325 e. The number of pyridine rings is 1. The average molecular weight is 296 g/mol. The normalized spacial score (nSPS) is 13.2. The zero-order chi connectivity index (χ0) is 15.7. The van der Waals surface area contributed by atoms with E-state index in [1.54, 1.807) is 6.07 Å². The van der Waals surface area contributed by atoms with Crippen molar-refractivity contribution in [3.8, 4) is 0 Å². The number of fused-ring (bicyclic) bond motifs is 1. The van der Waals surface area contributed by atoms with Gasteiger partial charge in [0.25, 0.3) is 11.5 Å². The molecule has 0 saturated heterocycles. The second-order valence-electron chi connectivity index (χ2n) is 6.10. The SMILES string of the molecule is CC(C)c1ccc(NC(=O)c2cc3c([nH]c2=O)CCC3)cc1. The molecule has 1 aliphatic rings. The molecule has 2 N–H and O–H groups in total. The van der Waals surface area contributed by atoms with Crippen molar-refractivity contribution in [3.05, 3.63) is 63.1 Å². The lowest BCUT2D eigenvalue weighted by Crippen LogP contribution is -2.24. The second-order valence-corrected chi connectivity index (χ2v) is 6.10. The van der Waals surface area contributed by atoms with Gasteiger partial charge in [-0.25, -0.2) is 0 Å². The lowest BCUT2D eigenvalue weighted by atomic mass is 10.0. The van der Waals surface area contributed by atoms with E-state index in [-0.39, 0.29) is 17.0 Å². The van der Waals surface area contributed by atoms with Crippen LogP contribution in [-0.4, -0.2) is 10.9 Å². The number of aromatic nitrogens is 1. The number of aryl methyl sites for hydroxylation is 2. The second kappa shape index (κ2) is 5.79. The minimum absolute atomic E-state index is 0.189. The predicted molar refractivity (Wildman–Crippen MR) is 87.6 cm³/mol. The minimum Gasteiger partial charge on any atom is -0.325 e. The predicted octanol–water partition coefficient (Wildman–Crippen LogP) is 3.24. The summed E-state index contributed by atoms with van der Waals surface area (Å²) in [6, 6.07) is 9.46. The van der Waals surface area contributed by atoms with Gasteiger partial charge in [-0.1, -0.05) is 26.0 Å². The van der Waals surface area contributed by atoms with Gasteiger partial charge in [0.05, 0.1) is 0 Å². The van der Waals surface area contributed by atoms with E-state index >= 15 is 0 Å². The molecule has 1 aromatic heterocycles. The molecule has 2 aromatic rings. The van der Waals surface area contributed by atoms with Crippen LogP contribution in [-0.2, 0) is 12.8 Å². The summed E-state index contributed by atoms with van der Waals surface area (Å²) < 4.78 is 0. The van der Waals surface area contributed by atoms with Crippen LogP contribution in [0.25, 0.3) is 0 Å². The zero-order valence-corrected chi connectivity index (χ0v) is 12.9. The Kier molecular flexibility index (Phi) is 3.84. The number of amides is 1. The van der Waals surface area contributed by atoms with Crippen molar-refractivity contribution in [1.29, 1.82) is 0 Å². The quantitative estimate of drug-likeness (QED) is 0.913. The lowest BCUT2D eigenvalue weighted by molar-refractivity contribution is 0.102. The Morgan fingerprint density at radius 1 is 1.18 bits per heavy atom. The van der Waals surface area contributed by atoms with Gasteiger partial charge >= 0.3 is 0 Å². The van der Waals surface area contributed by atoms with Crippen LogP contribution in [0.15, 0.2) is 35.1 Å². The van der Waals surface area contributed by atoms with Gasteiger partial charge in [-0.15, -0.1) is 0 Å². The number of rotatable bonds is 3. The van der Waals surface area contributed by atoms with Gasteiger partial charge in [-0.2, -0.15) is 0 Å². The molecule has 1 aromatic carbocycles. The first-order valence-corrected chi connectivity index (χ1v) is 7.71. The number of H-pyrrole nitrogens is 1. The highest BCUT2D eigenvalue weighted by Gasteiger charge is 2.18. The number of carbonyl (C=O) groups is 1. The first-order chi connectivity index (χ1) is 10.5. The molecule has 0 bridgehead atoms. The average Bonchev–Trinajstić information content (AvgIpc) is 2.94. The maximum Gasteiger partial charge on any atom is 0.261 e. The van der Waals surface area contributed by atoms with E-state index in [9.17, 15) is 9.59 Å². The van der Waals surface area contributed by atoms with Gasteiger partial charge in [0.15, 0.2) is 0 Å². The Labute approximate surface area is 129 Å². The maximum atomic E-state index is 12.3. The van der Waals surface area contributed by atoms with E-state index < -0.39 is 0 Å². The van der Waals surface area contributed by atoms with Gasteiger partial charge in [0.2, 0.25) is 0 Å². The summed E-state index contributed by atoms with van der Waals surface area (Å²) in [6.45, 7) is 4.25. The summed E-state index contributed by atoms with van der Waals surface area (Å²) >= 11 is 0. The Balaban J connectivity index is 1.81. The van der Waals surface area contributed by atoms with Crippen molar-refractivity contribution in [2.75, 3.05) is 5.32 Å². The van der Waals surface area contributed by atoms with Crippen molar-refractivity contribution in [2.45, 2.75) is 39.0 Å². The molecule has 0 spiro atoms. The molecule has 4 heteroatoms. The molecular weight excluding hydrogens is 276 g/mol. The number of hydrogen-bond donors (Lipinski definition) is 2. The molecule has 0 atom stereocenters. The van der Waals surface area contributed by atoms with E-state index in [0.29, 0.717) is 11.6 Å². The van der Waals surface area contributed by atoms with Crippen LogP contribution < -0.4 is 10.9 Å². The summed E-state index contributed by atoms with van der Waals surface area (Å²) in [5.41, 5.74) is 3.86. The van der Waals surface area contributed by atoms with Crippen LogP contribution in [0.4, 0.5) is 5.69 Å². The number of anilines is 1. The van der Waals surface area contributed by atoms with Gasteiger partial charge in [-0.05, 0) is 54.5 Å². The highest BCUT2D eigenvalue weighted by Crippen LogP contribution is 2.20. The molecular formula is C18H20N2O2. The standard InChI is InChI=1S/C18H20N2O2/c1-11(2)12-6-8-14(9-7-12)19-17(21)15-10-13-4-3-5-16(13)20-18(15)22/h6-11H,3-5H2,1-2H3,(H,19,21)(H,20,22). The fourth-order valence-corrected chi connectivity index (χ4v) is 2.83. The Hall–Kier alpha value is -2.36. The summed E-state index contributed by atoms with van der Waals surface area (Å²) in [5.74, 6) is 0.0950. The van der Waals surface area contributed by atoms with Gasteiger partial charge in [0, 0.05) is 11.4 Å². The third-order valence-electron chi connectivity index (χ3n) is 4.17. The van der Waals surface area contributed by atoms with E-state index in [2.05, 4.69) is 24.1 Å². The Morgan fingerprint density at radius 2 is 1.91 bits per heavy atom. The van der Waals surface area contributed by atoms with Crippen LogP contribution in [0.1, 0.15) is 53.4 Å². The van der Waals surface area contributed by atoms with Crippen LogP contribution in [0.2, 0.25) is 0 Å². The number of carbonyl (C=O) groups excluding carboxylic acids is 1. The van der Waals surface area contributed by atoms with Crippen molar-refractivity contribution in [3.63, 3.8) is 0 Å². The number of aromatic amines is 1. The van der Waals surface area contributed by atoms with Crippen molar-refractivity contribution < 1.29 is 4.79 Å². The smallest absolute Gasteiger partial charge is 0.261 e. The molecule has 3 rings (SSSR count). The molecule has 0 unspecified atom stereocenters. The number of hydrogen-bond acceptors (Lipinski definition) is 2. The topological polar surface area (TPSA) is 62.0 Å². The Morgan fingerprint density at radius 3 is 2.59 bits per heavy atom. The van der Waals surface area contributed by atoms with Crippen molar-refractivity contribution >= 4 is 11.6 Å². The minimum atomic E-state index is -0.353. The van der Waals surface area contributed by atoms with Crippen LogP contribution in [0.5, 0.6) is 0 Å². The lowest BCUT2D eigenvalue weighted by Gasteiger charge is -2.09. The van der Waals surface area contributed by atoms with Gasteiger partial charge in [-0.3, -0.25) is 9.59 Å².